The molecule has 2 aromatic rings. The number of ketones is 2. The molecule has 0 unspecified atom stereocenters. The van der Waals surface area contributed by atoms with Crippen molar-refractivity contribution in [3.63, 3.8) is 0 Å². The third-order valence-electron chi connectivity index (χ3n) is 2.64. The SMILES string of the molecule is O=C(OCc1ccccc1)C(=O)C(=O)c1ccccc1. The number of carbonyl (C=O) groups excluding carboxylic acids is 3. The molecule has 0 aliphatic rings. The number of esters is 1. The topological polar surface area (TPSA) is 60.4 Å². The Bertz CT molecular complexity index is 617. The average Bonchev–Trinajstić information content (AvgIpc) is 2.53. The Morgan fingerprint density at radius 1 is 0.800 bits per heavy atom. The van der Waals surface area contributed by atoms with Crippen LogP contribution in [-0.4, -0.2) is 17.5 Å². The van der Waals surface area contributed by atoms with Crippen molar-refractivity contribution < 1.29 is 19.1 Å². The Morgan fingerprint density at radius 2 is 1.35 bits per heavy atom. The normalized spacial score (nSPS) is 9.80. The van der Waals surface area contributed by atoms with Gasteiger partial charge >= 0.3 is 11.8 Å². The highest BCUT2D eigenvalue weighted by Gasteiger charge is 2.25. The standard InChI is InChI=1S/C16H12O4/c17-14(13-9-5-2-6-10-13)15(18)16(19)20-11-12-7-3-1-4-8-12/h1-10H,11H2. The first kappa shape index (κ1) is 13.7. The van der Waals surface area contributed by atoms with Crippen LogP contribution in [0.2, 0.25) is 0 Å². The van der Waals surface area contributed by atoms with Crippen LogP contribution in [0.15, 0.2) is 60.7 Å². The van der Waals surface area contributed by atoms with E-state index in [4.69, 9.17) is 4.74 Å². The molecule has 0 heterocycles. The molecule has 0 radical (unpaired) electrons. The van der Waals surface area contributed by atoms with Crippen molar-refractivity contribution in [1.29, 1.82) is 0 Å². The average molecular weight is 268 g/mol. The van der Waals surface area contributed by atoms with E-state index in [1.54, 1.807) is 42.5 Å². The van der Waals surface area contributed by atoms with Crippen LogP contribution in [0, 0.1) is 0 Å². The van der Waals surface area contributed by atoms with E-state index in [0.29, 0.717) is 0 Å². The zero-order valence-corrected chi connectivity index (χ0v) is 10.6. The predicted octanol–water partition coefficient (Wildman–Crippen LogP) is 2.18. The molecule has 100 valence electrons. The molecule has 4 heteroatoms. The Labute approximate surface area is 116 Å². The maximum Gasteiger partial charge on any atom is 0.383 e. The third kappa shape index (κ3) is 3.38. The summed E-state index contributed by atoms with van der Waals surface area (Å²) in [6.45, 7) is -0.0342. The fourth-order valence-electron chi connectivity index (χ4n) is 1.60. The molecule has 0 saturated carbocycles. The summed E-state index contributed by atoms with van der Waals surface area (Å²) in [7, 11) is 0. The van der Waals surface area contributed by atoms with Gasteiger partial charge in [0.05, 0.1) is 0 Å². The monoisotopic (exact) mass is 268 g/mol. The Hall–Kier alpha value is -2.75. The number of carbonyl (C=O) groups is 3. The first-order valence-electron chi connectivity index (χ1n) is 6.03. The molecule has 20 heavy (non-hydrogen) atoms. The first-order valence-corrected chi connectivity index (χ1v) is 6.03. The molecule has 0 N–H and O–H groups in total. The van der Waals surface area contributed by atoms with Gasteiger partial charge in [0, 0.05) is 5.56 Å². The summed E-state index contributed by atoms with van der Waals surface area (Å²) >= 11 is 0. The lowest BCUT2D eigenvalue weighted by atomic mass is 10.1. The van der Waals surface area contributed by atoms with E-state index in [9.17, 15) is 14.4 Å². The number of ether oxygens (including phenoxy) is 1. The summed E-state index contributed by atoms with van der Waals surface area (Å²) in [5.74, 6) is -3.15. The summed E-state index contributed by atoms with van der Waals surface area (Å²) in [5.41, 5.74) is 0.926. The highest BCUT2D eigenvalue weighted by Crippen LogP contribution is 2.04. The molecule has 2 aromatic carbocycles. The lowest BCUT2D eigenvalue weighted by Gasteiger charge is -2.03. The number of hydrogen-bond acceptors (Lipinski definition) is 4. The fourth-order valence-corrected chi connectivity index (χ4v) is 1.60. The van der Waals surface area contributed by atoms with Gasteiger partial charge in [-0.2, -0.15) is 0 Å². The molecule has 4 nitrogen and oxygen atoms in total. The van der Waals surface area contributed by atoms with E-state index in [-0.39, 0.29) is 12.2 Å². The second-order valence-electron chi connectivity index (χ2n) is 4.09. The number of rotatable bonds is 5. The van der Waals surface area contributed by atoms with E-state index >= 15 is 0 Å². The molecule has 0 fully saturated rings. The summed E-state index contributed by atoms with van der Waals surface area (Å²) in [6.07, 6.45) is 0. The van der Waals surface area contributed by atoms with Crippen molar-refractivity contribution in [1.82, 2.24) is 0 Å². The quantitative estimate of drug-likeness (QED) is 0.361. The lowest BCUT2D eigenvalue weighted by Crippen LogP contribution is -2.26. The van der Waals surface area contributed by atoms with Gasteiger partial charge in [-0.1, -0.05) is 60.7 Å². The zero-order chi connectivity index (χ0) is 14.4. The summed E-state index contributed by atoms with van der Waals surface area (Å²) in [6, 6.07) is 16.8. The largest absolute Gasteiger partial charge is 0.455 e. The maximum atomic E-state index is 11.7. The zero-order valence-electron chi connectivity index (χ0n) is 10.6. The minimum Gasteiger partial charge on any atom is -0.455 e. The molecular formula is C16H12O4. The number of benzene rings is 2. The number of Topliss-reactive ketones (excluding diaryl/α,β-unsaturated/α-hetero) is 2. The van der Waals surface area contributed by atoms with E-state index < -0.39 is 17.5 Å². The molecule has 0 atom stereocenters. The summed E-state index contributed by atoms with van der Waals surface area (Å²) in [5, 5.41) is 0. The van der Waals surface area contributed by atoms with Crippen molar-refractivity contribution in [2.75, 3.05) is 0 Å². The molecule has 2 rings (SSSR count). The third-order valence-corrected chi connectivity index (χ3v) is 2.64. The molecule has 0 aromatic heterocycles. The van der Waals surface area contributed by atoms with Crippen LogP contribution in [0.4, 0.5) is 0 Å². The van der Waals surface area contributed by atoms with Crippen LogP contribution >= 0.6 is 0 Å². The molecular weight excluding hydrogens is 256 g/mol. The van der Waals surface area contributed by atoms with E-state index in [1.165, 1.54) is 12.1 Å². The fraction of sp³-hybridized carbons (Fsp3) is 0.0625. The van der Waals surface area contributed by atoms with Gasteiger partial charge in [0.15, 0.2) is 0 Å². The maximum absolute atomic E-state index is 11.7. The predicted molar refractivity (Wildman–Crippen MR) is 72.0 cm³/mol. The highest BCUT2D eigenvalue weighted by molar-refractivity contribution is 6.65. The Kier molecular flexibility index (Phi) is 4.39. The summed E-state index contributed by atoms with van der Waals surface area (Å²) < 4.78 is 4.82. The summed E-state index contributed by atoms with van der Waals surface area (Å²) in [4.78, 5) is 34.9. The van der Waals surface area contributed by atoms with E-state index in [2.05, 4.69) is 0 Å². The second kappa shape index (κ2) is 6.43. The Balaban J connectivity index is 1.96. The van der Waals surface area contributed by atoms with Crippen LogP contribution in [-0.2, 0) is 20.9 Å². The Morgan fingerprint density at radius 3 is 1.95 bits per heavy atom. The van der Waals surface area contributed by atoms with Gasteiger partial charge in [-0.25, -0.2) is 4.79 Å². The smallest absolute Gasteiger partial charge is 0.383 e. The van der Waals surface area contributed by atoms with Crippen LogP contribution in [0.25, 0.3) is 0 Å². The van der Waals surface area contributed by atoms with Crippen LogP contribution in [0.1, 0.15) is 15.9 Å². The lowest BCUT2D eigenvalue weighted by molar-refractivity contribution is -0.152. The molecule has 0 saturated heterocycles. The molecule has 0 amide bonds. The van der Waals surface area contributed by atoms with Gasteiger partial charge < -0.3 is 4.74 Å². The van der Waals surface area contributed by atoms with Gasteiger partial charge in [0.1, 0.15) is 6.61 Å². The van der Waals surface area contributed by atoms with Gasteiger partial charge in [-0.05, 0) is 5.56 Å². The first-order chi connectivity index (χ1) is 9.68. The molecule has 0 aliphatic carbocycles. The van der Waals surface area contributed by atoms with Gasteiger partial charge in [0.2, 0.25) is 5.78 Å². The van der Waals surface area contributed by atoms with Gasteiger partial charge in [-0.3, -0.25) is 9.59 Å². The minimum absolute atomic E-state index is 0.0342. The molecule has 0 spiro atoms. The van der Waals surface area contributed by atoms with Crippen molar-refractivity contribution in [3.8, 4) is 0 Å². The highest BCUT2D eigenvalue weighted by atomic mass is 16.5. The second-order valence-corrected chi connectivity index (χ2v) is 4.09. The molecule has 0 bridgehead atoms. The van der Waals surface area contributed by atoms with Crippen LogP contribution in [0.5, 0.6) is 0 Å². The van der Waals surface area contributed by atoms with E-state index in [1.807, 2.05) is 6.07 Å². The van der Waals surface area contributed by atoms with E-state index in [0.717, 1.165) is 5.56 Å². The van der Waals surface area contributed by atoms with Crippen molar-refractivity contribution in [2.24, 2.45) is 0 Å². The van der Waals surface area contributed by atoms with Crippen molar-refractivity contribution in [2.45, 2.75) is 6.61 Å². The minimum atomic E-state index is -1.16. The van der Waals surface area contributed by atoms with Crippen molar-refractivity contribution >= 4 is 17.5 Å². The number of hydrogen-bond donors (Lipinski definition) is 0. The van der Waals surface area contributed by atoms with Crippen LogP contribution < -0.4 is 0 Å². The van der Waals surface area contributed by atoms with Gasteiger partial charge in [0.25, 0.3) is 0 Å². The molecule has 0 aliphatic heterocycles. The van der Waals surface area contributed by atoms with Crippen LogP contribution in [0.3, 0.4) is 0 Å². The van der Waals surface area contributed by atoms with Crippen molar-refractivity contribution in [3.05, 3.63) is 71.8 Å². The van der Waals surface area contributed by atoms with Gasteiger partial charge in [-0.15, -0.1) is 0 Å².